The minimum absolute atomic E-state index is 0.730. The summed E-state index contributed by atoms with van der Waals surface area (Å²) in [5.41, 5.74) is 10.6. The van der Waals surface area contributed by atoms with Crippen molar-refractivity contribution in [2.45, 2.75) is 25.7 Å². The fraction of sp³-hybridized carbons (Fsp3) is 0.154. The summed E-state index contributed by atoms with van der Waals surface area (Å²) in [4.78, 5) is 0. The van der Waals surface area contributed by atoms with E-state index in [1.807, 2.05) is 0 Å². The summed E-state index contributed by atoms with van der Waals surface area (Å²) in [7, 11) is 0. The minimum Gasteiger partial charge on any atom is -0.179 e. The highest BCUT2D eigenvalue weighted by molar-refractivity contribution is 7.80. The molecule has 0 saturated heterocycles. The summed E-state index contributed by atoms with van der Waals surface area (Å²) in [5.74, 6) is 2.96. The third kappa shape index (κ3) is 5.40. The van der Waals surface area contributed by atoms with Crippen LogP contribution in [0.4, 0.5) is 0 Å². The Morgan fingerprint density at radius 2 is 0.607 bits per heavy atom. The van der Waals surface area contributed by atoms with Gasteiger partial charge < -0.3 is 0 Å². The number of rotatable bonds is 10. The van der Waals surface area contributed by atoms with Crippen molar-refractivity contribution in [1.82, 2.24) is 0 Å². The Morgan fingerprint density at radius 3 is 1.00 bits per heavy atom. The van der Waals surface area contributed by atoms with E-state index in [2.05, 4.69) is 133 Å². The van der Waals surface area contributed by atoms with Gasteiger partial charge in [0.05, 0.1) is 0 Å². The Morgan fingerprint density at radius 1 is 0.268 bits per heavy atom. The lowest BCUT2D eigenvalue weighted by Crippen LogP contribution is -2.07. The topological polar surface area (TPSA) is 0 Å². The molecule has 4 heteroatoms. The fourth-order valence-corrected chi connectivity index (χ4v) is 11.1. The summed E-state index contributed by atoms with van der Waals surface area (Å²) in [6.07, 6.45) is 3.37. The molecule has 0 aliphatic carbocycles. The largest absolute Gasteiger partial charge is 0.179 e. The Hall–Kier alpha value is -4.32. The number of fused-ring (bicyclic) bond motifs is 6. The molecular formula is C52H42S4. The average Bonchev–Trinajstić information content (AvgIpc) is 3.25. The predicted octanol–water partition coefficient (Wildman–Crippen LogP) is 14.4. The first-order chi connectivity index (χ1) is 27.7. The van der Waals surface area contributed by atoms with Gasteiger partial charge in [0.1, 0.15) is 0 Å². The summed E-state index contributed by atoms with van der Waals surface area (Å²) in [6, 6.07) is 49.9. The smallest absolute Gasteiger partial charge is 0.00202 e. The summed E-state index contributed by atoms with van der Waals surface area (Å²) in [6.45, 7) is 0. The van der Waals surface area contributed by atoms with Crippen LogP contribution in [0.2, 0.25) is 0 Å². The van der Waals surface area contributed by atoms with Gasteiger partial charge in [0.2, 0.25) is 0 Å². The Kier molecular flexibility index (Phi) is 9.58. The lowest BCUT2D eigenvalue weighted by atomic mass is 9.74. The molecule has 0 aliphatic heterocycles. The van der Waals surface area contributed by atoms with Crippen LogP contribution in [0.1, 0.15) is 22.3 Å². The van der Waals surface area contributed by atoms with E-state index in [9.17, 15) is 0 Å². The molecule has 0 fully saturated rings. The van der Waals surface area contributed by atoms with Crippen molar-refractivity contribution in [2.24, 2.45) is 0 Å². The minimum atomic E-state index is 0.730. The van der Waals surface area contributed by atoms with Crippen LogP contribution in [0.25, 0.3) is 97.7 Å². The number of aryl methyl sites for hydroxylation is 4. The monoisotopic (exact) mass is 794 g/mol. The predicted molar refractivity (Wildman–Crippen MR) is 261 cm³/mol. The molecule has 0 N–H and O–H groups in total. The van der Waals surface area contributed by atoms with Gasteiger partial charge in [-0.05, 0) is 169 Å². The van der Waals surface area contributed by atoms with Crippen molar-refractivity contribution in [3.05, 3.63) is 156 Å². The first-order valence-corrected chi connectivity index (χ1v) is 22.3. The average molecular weight is 795 g/mol. The van der Waals surface area contributed by atoms with Gasteiger partial charge in [0, 0.05) is 0 Å². The number of hydrogen-bond donors (Lipinski definition) is 4. The van der Waals surface area contributed by atoms with Crippen LogP contribution < -0.4 is 0 Å². The van der Waals surface area contributed by atoms with E-state index in [1.165, 1.54) is 120 Å². The SMILES string of the molecule is SCCc1c2ccccc2c(CCS)c2c(-c3ccccc3)c3c(CCS)c4c5cccc6ccc7cccc(c4c(CCS)c3c(-c3ccccc3)c12)c7c65. The molecule has 0 nitrogen and oxygen atoms in total. The van der Waals surface area contributed by atoms with E-state index in [0.717, 1.165) is 48.7 Å². The zero-order valence-electron chi connectivity index (χ0n) is 31.1. The van der Waals surface area contributed by atoms with E-state index in [0.29, 0.717) is 0 Å². The molecule has 10 aromatic rings. The van der Waals surface area contributed by atoms with Crippen LogP contribution in [-0.2, 0) is 25.7 Å². The van der Waals surface area contributed by atoms with Gasteiger partial charge in [0.15, 0.2) is 0 Å². The number of hydrogen-bond acceptors (Lipinski definition) is 4. The molecule has 274 valence electrons. The van der Waals surface area contributed by atoms with Crippen LogP contribution in [0.5, 0.6) is 0 Å². The molecule has 10 rings (SSSR count). The van der Waals surface area contributed by atoms with Crippen molar-refractivity contribution in [1.29, 1.82) is 0 Å². The molecule has 0 atom stereocenters. The standard InChI is InChI=1S/C52H42S4/c53-27-23-37-35-17-7-8-18-36(35)38(24-28-54)50-46(32-13-5-2-6-14-32)52-42(26-30-56)48-40-20-10-16-34-22-21-33-15-9-19-39(43(33)44(34)40)47(48)41(25-29-55)51(52)45(49(37)50)31-11-3-1-4-12-31/h1-22,53-56H,23-30H2. The molecular weight excluding hydrogens is 753 g/mol. The number of thiol groups is 4. The maximum Gasteiger partial charge on any atom is -0.00202 e. The van der Waals surface area contributed by atoms with Crippen molar-refractivity contribution < 1.29 is 0 Å². The van der Waals surface area contributed by atoms with Gasteiger partial charge in [-0.1, -0.05) is 133 Å². The molecule has 0 radical (unpaired) electrons. The number of benzene rings is 10. The molecule has 0 unspecified atom stereocenters. The van der Waals surface area contributed by atoms with Crippen LogP contribution >= 0.6 is 50.5 Å². The van der Waals surface area contributed by atoms with E-state index < -0.39 is 0 Å². The van der Waals surface area contributed by atoms with Gasteiger partial charge in [-0.15, -0.1) is 0 Å². The highest BCUT2D eigenvalue weighted by atomic mass is 32.1. The molecule has 0 aliphatic rings. The Balaban J connectivity index is 1.66. The van der Waals surface area contributed by atoms with Gasteiger partial charge in [0.25, 0.3) is 0 Å². The molecule has 0 bridgehead atoms. The molecule has 0 aromatic heterocycles. The maximum absolute atomic E-state index is 5.06. The second-order valence-corrected chi connectivity index (χ2v) is 16.7. The highest BCUT2D eigenvalue weighted by Crippen LogP contribution is 2.55. The van der Waals surface area contributed by atoms with Gasteiger partial charge in [-0.25, -0.2) is 0 Å². The van der Waals surface area contributed by atoms with Crippen LogP contribution in [-0.4, -0.2) is 23.0 Å². The van der Waals surface area contributed by atoms with Crippen molar-refractivity contribution in [3.8, 4) is 22.3 Å². The first kappa shape index (κ1) is 36.0. The van der Waals surface area contributed by atoms with Crippen LogP contribution in [0.15, 0.2) is 133 Å². The molecule has 0 spiro atoms. The molecule has 0 saturated carbocycles. The van der Waals surface area contributed by atoms with E-state index in [1.54, 1.807) is 0 Å². The van der Waals surface area contributed by atoms with E-state index >= 15 is 0 Å². The third-order valence-electron chi connectivity index (χ3n) is 12.1. The summed E-state index contributed by atoms with van der Waals surface area (Å²) < 4.78 is 0. The van der Waals surface area contributed by atoms with Crippen molar-refractivity contribution in [3.63, 3.8) is 0 Å². The first-order valence-electron chi connectivity index (χ1n) is 19.7. The van der Waals surface area contributed by atoms with E-state index in [4.69, 9.17) is 50.5 Å². The van der Waals surface area contributed by atoms with Gasteiger partial charge >= 0.3 is 0 Å². The van der Waals surface area contributed by atoms with Gasteiger partial charge in [-0.2, -0.15) is 50.5 Å². The van der Waals surface area contributed by atoms with Crippen LogP contribution in [0, 0.1) is 0 Å². The van der Waals surface area contributed by atoms with Crippen LogP contribution in [0.3, 0.4) is 0 Å². The molecule has 10 aromatic carbocycles. The zero-order valence-corrected chi connectivity index (χ0v) is 34.7. The maximum atomic E-state index is 5.06. The lowest BCUT2D eigenvalue weighted by Gasteiger charge is -2.29. The van der Waals surface area contributed by atoms with Crippen molar-refractivity contribution in [2.75, 3.05) is 23.0 Å². The Bertz CT molecular complexity index is 2900. The quantitative estimate of drug-likeness (QED) is 0.0592. The zero-order chi connectivity index (χ0) is 37.9. The Labute approximate surface area is 350 Å². The second kappa shape index (κ2) is 14.9. The van der Waals surface area contributed by atoms with Crippen molar-refractivity contribution >= 4 is 126 Å². The molecule has 56 heavy (non-hydrogen) atoms. The highest BCUT2D eigenvalue weighted by Gasteiger charge is 2.30. The summed E-state index contributed by atoms with van der Waals surface area (Å²) in [5, 5.41) is 18.7. The van der Waals surface area contributed by atoms with Gasteiger partial charge in [-0.3, -0.25) is 0 Å². The fourth-order valence-electron chi connectivity index (χ4n) is 10.2. The second-order valence-electron chi connectivity index (χ2n) is 15.0. The molecule has 0 heterocycles. The third-order valence-corrected chi connectivity index (χ3v) is 13.0. The molecule has 0 amide bonds. The lowest BCUT2D eigenvalue weighted by molar-refractivity contribution is 1.17. The van der Waals surface area contributed by atoms with E-state index in [-0.39, 0.29) is 0 Å². The summed E-state index contributed by atoms with van der Waals surface area (Å²) >= 11 is 20.0. The normalized spacial score (nSPS) is 12.1.